The molecule has 0 aromatic heterocycles. The lowest BCUT2D eigenvalue weighted by atomic mass is 13.4. The molecule has 0 saturated carbocycles. The van der Waals surface area contributed by atoms with Gasteiger partial charge in [-0.1, -0.05) is 0 Å². The normalized spacial score (nSPS) is 11.6. The molecule has 0 aliphatic carbocycles. The van der Waals surface area contributed by atoms with Crippen molar-refractivity contribution < 1.29 is 13.3 Å². The van der Waals surface area contributed by atoms with E-state index < -0.39 is 29.0 Å². The molecule has 0 unspecified atom stereocenters. The Labute approximate surface area is 54.3 Å². The van der Waals surface area contributed by atoms with Gasteiger partial charge < -0.3 is 4.12 Å². The summed E-state index contributed by atoms with van der Waals surface area (Å²) in [4.78, 5) is 19.0. The van der Waals surface area contributed by atoms with Crippen molar-refractivity contribution in [2.75, 3.05) is 0 Å². The summed E-state index contributed by atoms with van der Waals surface area (Å²) in [5, 5.41) is 19.0. The van der Waals surface area contributed by atoms with Crippen LogP contribution in [0, 0.1) is 20.2 Å². The van der Waals surface area contributed by atoms with Crippen molar-refractivity contribution in [3.05, 3.63) is 20.2 Å². The molecular weight excluding hydrogens is 164 g/mol. The Morgan fingerprint density at radius 3 is 1.67 bits per heavy atom. The zero-order chi connectivity index (χ0) is 7.28. The molecule has 0 bridgehead atoms. The standard InChI is InChI=1S/H4N2O5Si2/c3-1(4)8-7-9-2(5)6/h8-9H2. The molecule has 7 nitrogen and oxygen atoms in total. The van der Waals surface area contributed by atoms with E-state index in [2.05, 4.69) is 4.12 Å². The first-order chi connectivity index (χ1) is 4.13. The van der Waals surface area contributed by atoms with E-state index in [1.165, 1.54) is 0 Å². The highest BCUT2D eigenvalue weighted by molar-refractivity contribution is 6.32. The lowest BCUT2D eigenvalue weighted by Crippen LogP contribution is -2.18. The van der Waals surface area contributed by atoms with Crippen LogP contribution in [-0.2, 0) is 4.12 Å². The van der Waals surface area contributed by atoms with Gasteiger partial charge in [0.15, 0.2) is 0 Å². The van der Waals surface area contributed by atoms with Crippen LogP contribution >= 0.6 is 0 Å². The van der Waals surface area contributed by atoms with Crippen molar-refractivity contribution in [3.8, 4) is 0 Å². The number of nitro groups is 2. The highest BCUT2D eigenvalue weighted by Gasteiger charge is 2.06. The van der Waals surface area contributed by atoms with E-state index in [9.17, 15) is 20.2 Å². The molecule has 9 heteroatoms. The summed E-state index contributed by atoms with van der Waals surface area (Å²) in [6, 6.07) is 0. The summed E-state index contributed by atoms with van der Waals surface area (Å²) < 4.78 is 3.01. The molecule has 0 aliphatic heterocycles. The number of nitrogens with zero attached hydrogens (tertiary/aromatic N) is 2. The zero-order valence-corrected chi connectivity index (χ0v) is 7.18. The van der Waals surface area contributed by atoms with Crippen LogP contribution in [-0.4, -0.2) is 29.0 Å². The third-order valence-corrected chi connectivity index (χ3v) is 2.28. The maximum Gasteiger partial charge on any atom is 0.539 e. The maximum atomic E-state index is 9.52. The van der Waals surface area contributed by atoms with E-state index in [4.69, 9.17) is 0 Å². The highest BCUT2D eigenvalue weighted by Crippen LogP contribution is 1.68. The minimum atomic E-state index is -1.85. The van der Waals surface area contributed by atoms with Gasteiger partial charge >= 0.3 is 19.8 Å². The Kier molecular flexibility index (Phi) is 3.74. The molecule has 52 valence electrons. The van der Waals surface area contributed by atoms with E-state index in [0.717, 1.165) is 0 Å². The second kappa shape index (κ2) is 4.11. The Morgan fingerprint density at radius 1 is 1.11 bits per heavy atom. The second-order valence-corrected chi connectivity index (χ2v) is 4.31. The van der Waals surface area contributed by atoms with Gasteiger partial charge in [-0.15, -0.1) is 0 Å². The topological polar surface area (TPSA) is 95.5 Å². The van der Waals surface area contributed by atoms with Crippen molar-refractivity contribution in [3.63, 3.8) is 0 Å². The van der Waals surface area contributed by atoms with Gasteiger partial charge in [0.25, 0.3) is 0 Å². The van der Waals surface area contributed by atoms with Gasteiger partial charge in [0.1, 0.15) is 0 Å². The maximum absolute atomic E-state index is 9.52. The van der Waals surface area contributed by atoms with Gasteiger partial charge in [0.05, 0.1) is 0 Å². The van der Waals surface area contributed by atoms with E-state index in [1.54, 1.807) is 0 Å². The zero-order valence-electron chi connectivity index (χ0n) is 4.35. The van der Waals surface area contributed by atoms with Crippen molar-refractivity contribution in [1.29, 1.82) is 0 Å². The molecular formula is H4N2O5Si2. The van der Waals surface area contributed by atoms with Crippen LogP contribution < -0.4 is 0 Å². The molecule has 0 atom stereocenters. The Balaban J connectivity index is 3.10. The Bertz CT molecular complexity index is 108. The number of hydrogen-bond donors (Lipinski definition) is 0. The van der Waals surface area contributed by atoms with Gasteiger partial charge in [-0.25, -0.2) is 0 Å². The molecule has 0 aromatic carbocycles. The van der Waals surface area contributed by atoms with Crippen LogP contribution in [0.4, 0.5) is 0 Å². The molecule has 0 heterocycles. The van der Waals surface area contributed by atoms with Crippen molar-refractivity contribution in [2.45, 2.75) is 0 Å². The monoisotopic (exact) mass is 168 g/mol. The van der Waals surface area contributed by atoms with Crippen molar-refractivity contribution >= 4 is 19.8 Å². The highest BCUT2D eigenvalue weighted by atomic mass is 28.3. The molecule has 0 aromatic rings. The summed E-state index contributed by atoms with van der Waals surface area (Å²) in [6.07, 6.45) is 0. The summed E-state index contributed by atoms with van der Waals surface area (Å²) in [5.74, 6) is 0. The summed E-state index contributed by atoms with van der Waals surface area (Å²) in [7, 11) is -3.71. The summed E-state index contributed by atoms with van der Waals surface area (Å²) in [5.41, 5.74) is 0. The SMILES string of the molecule is O=[N+]([O-])[SiH2]O[SiH2][N+](=O)[O-]. The molecule has 0 aliphatic rings. The first kappa shape index (κ1) is 8.19. The second-order valence-electron chi connectivity index (χ2n) is 1.13. The summed E-state index contributed by atoms with van der Waals surface area (Å²) in [6.45, 7) is 0. The molecule has 0 amide bonds. The fourth-order valence-corrected chi connectivity index (χ4v) is 1.71. The van der Waals surface area contributed by atoms with E-state index >= 15 is 0 Å². The van der Waals surface area contributed by atoms with Crippen LogP contribution in [0.25, 0.3) is 0 Å². The fourth-order valence-electron chi connectivity index (χ4n) is 0.190. The summed E-state index contributed by atoms with van der Waals surface area (Å²) >= 11 is 0. The molecule has 9 heavy (non-hydrogen) atoms. The van der Waals surface area contributed by atoms with Gasteiger partial charge in [0.2, 0.25) is 0 Å². The molecule has 0 radical (unpaired) electrons. The first-order valence-electron chi connectivity index (χ1n) is 1.94. The van der Waals surface area contributed by atoms with E-state index in [1.807, 2.05) is 0 Å². The van der Waals surface area contributed by atoms with Crippen LogP contribution in [0.15, 0.2) is 0 Å². The van der Waals surface area contributed by atoms with Gasteiger partial charge in [-0.05, 0) is 9.18 Å². The predicted molar refractivity (Wildman–Crippen MR) is 32.2 cm³/mol. The molecule has 0 spiro atoms. The quantitative estimate of drug-likeness (QED) is 0.264. The van der Waals surface area contributed by atoms with Gasteiger partial charge in [-0.3, -0.25) is 20.2 Å². The average Bonchev–Trinajstić information content (AvgIpc) is 1.63. The predicted octanol–water partition coefficient (Wildman–Crippen LogP) is -2.45. The van der Waals surface area contributed by atoms with E-state index in [-0.39, 0.29) is 0 Å². The average molecular weight is 168 g/mol. The van der Waals surface area contributed by atoms with Crippen molar-refractivity contribution in [2.24, 2.45) is 0 Å². The van der Waals surface area contributed by atoms with Gasteiger partial charge in [0, 0.05) is 0 Å². The number of rotatable bonds is 4. The largest absolute Gasteiger partial charge is 0.539 e. The lowest BCUT2D eigenvalue weighted by molar-refractivity contribution is -0.354. The van der Waals surface area contributed by atoms with Crippen molar-refractivity contribution in [1.82, 2.24) is 0 Å². The van der Waals surface area contributed by atoms with Gasteiger partial charge in [-0.2, -0.15) is 0 Å². The smallest absolute Gasteiger partial charge is 0.354 e. The van der Waals surface area contributed by atoms with Crippen LogP contribution in [0.1, 0.15) is 0 Å². The van der Waals surface area contributed by atoms with E-state index in [0.29, 0.717) is 0 Å². The lowest BCUT2D eigenvalue weighted by Gasteiger charge is -1.88. The first-order valence-corrected chi connectivity index (χ1v) is 4.36. The third kappa shape index (κ3) is 7.19. The minimum Gasteiger partial charge on any atom is -0.354 e. The van der Waals surface area contributed by atoms with Crippen LogP contribution in [0.5, 0.6) is 0 Å². The molecule has 0 saturated heterocycles. The fraction of sp³-hybridized carbons (Fsp3) is 0. The Hall–Kier alpha value is -0.806. The molecule has 0 rings (SSSR count). The minimum absolute atomic E-state index is 0.615. The van der Waals surface area contributed by atoms with Crippen LogP contribution in [0.3, 0.4) is 0 Å². The molecule has 0 fully saturated rings. The van der Waals surface area contributed by atoms with Crippen LogP contribution in [0.2, 0.25) is 0 Å². The Morgan fingerprint density at radius 2 is 1.44 bits per heavy atom. The molecule has 0 N–H and O–H groups in total. The number of hydrogen-bond acceptors (Lipinski definition) is 5. The third-order valence-electron chi connectivity index (χ3n) is 0.393.